The van der Waals surface area contributed by atoms with Crippen molar-refractivity contribution in [3.05, 3.63) is 0 Å². The molecule has 0 aliphatic rings. The zero-order valence-electron chi connectivity index (χ0n) is 11.0. The average Bonchev–Trinajstić information content (AvgIpc) is 2.26. The van der Waals surface area contributed by atoms with Gasteiger partial charge in [0, 0.05) is 14.1 Å². The summed E-state index contributed by atoms with van der Waals surface area (Å²) in [6, 6.07) is 0.149. The van der Waals surface area contributed by atoms with Gasteiger partial charge in [0.1, 0.15) is 0 Å². The minimum atomic E-state index is -0.150. The van der Waals surface area contributed by atoms with Crippen molar-refractivity contribution in [2.24, 2.45) is 0 Å². The van der Waals surface area contributed by atoms with E-state index in [0.717, 1.165) is 0 Å². The van der Waals surface area contributed by atoms with Gasteiger partial charge in [0.2, 0.25) is 17.8 Å². The highest BCUT2D eigenvalue weighted by Crippen LogP contribution is 2.12. The van der Waals surface area contributed by atoms with Gasteiger partial charge in [-0.25, -0.2) is 0 Å². The minimum Gasteiger partial charge on any atom is -0.461 e. The molecule has 1 amide bonds. The Morgan fingerprint density at radius 3 is 2.67 bits per heavy atom. The third-order valence-electron chi connectivity index (χ3n) is 1.96. The van der Waals surface area contributed by atoms with Crippen LogP contribution < -0.4 is 20.7 Å². The van der Waals surface area contributed by atoms with Gasteiger partial charge in [-0.1, -0.05) is 0 Å². The van der Waals surface area contributed by atoms with E-state index in [2.05, 4.69) is 20.3 Å². The summed E-state index contributed by atoms with van der Waals surface area (Å²) in [5.74, 6) is 0.198. The Morgan fingerprint density at radius 1 is 1.44 bits per heavy atom. The summed E-state index contributed by atoms with van der Waals surface area (Å²) in [5.41, 5.74) is 5.57. The Morgan fingerprint density at radius 2 is 2.11 bits per heavy atom. The number of anilines is 2. The molecule has 1 heterocycles. The van der Waals surface area contributed by atoms with Gasteiger partial charge in [0.15, 0.2) is 0 Å². The quantitative estimate of drug-likeness (QED) is 0.724. The van der Waals surface area contributed by atoms with Crippen LogP contribution in [0.4, 0.5) is 11.9 Å². The van der Waals surface area contributed by atoms with Crippen LogP contribution in [-0.2, 0) is 4.79 Å². The second-order valence-corrected chi connectivity index (χ2v) is 3.97. The summed E-state index contributed by atoms with van der Waals surface area (Å²) < 4.78 is 5.35. The van der Waals surface area contributed by atoms with Crippen molar-refractivity contribution < 1.29 is 9.53 Å². The summed E-state index contributed by atoms with van der Waals surface area (Å²) >= 11 is 0. The third-order valence-corrected chi connectivity index (χ3v) is 1.96. The molecule has 0 bridgehead atoms. The molecule has 0 fully saturated rings. The summed E-state index contributed by atoms with van der Waals surface area (Å²) in [6.07, 6.45) is -0.0658. The van der Waals surface area contributed by atoms with E-state index >= 15 is 0 Å². The average molecular weight is 254 g/mol. The number of nitrogens with two attached hydrogens (primary N) is 1. The molecule has 18 heavy (non-hydrogen) atoms. The smallest absolute Gasteiger partial charge is 0.323 e. The predicted molar refractivity (Wildman–Crippen MR) is 67.3 cm³/mol. The molecule has 1 rings (SSSR count). The molecule has 0 aliphatic heterocycles. The van der Waals surface area contributed by atoms with E-state index in [-0.39, 0.29) is 30.5 Å². The second-order valence-electron chi connectivity index (χ2n) is 3.97. The highest BCUT2D eigenvalue weighted by Gasteiger charge is 2.13. The van der Waals surface area contributed by atoms with E-state index in [1.807, 2.05) is 13.8 Å². The van der Waals surface area contributed by atoms with Crippen molar-refractivity contribution in [1.29, 1.82) is 0 Å². The van der Waals surface area contributed by atoms with Crippen LogP contribution in [0.25, 0.3) is 0 Å². The highest BCUT2D eigenvalue weighted by molar-refractivity contribution is 5.80. The van der Waals surface area contributed by atoms with Gasteiger partial charge in [-0.05, 0) is 13.8 Å². The van der Waals surface area contributed by atoms with Crippen LogP contribution in [-0.4, -0.2) is 47.6 Å². The maximum Gasteiger partial charge on any atom is 0.323 e. The van der Waals surface area contributed by atoms with E-state index in [4.69, 9.17) is 10.5 Å². The monoisotopic (exact) mass is 254 g/mol. The zero-order chi connectivity index (χ0) is 13.7. The van der Waals surface area contributed by atoms with Crippen LogP contribution in [0.1, 0.15) is 13.8 Å². The summed E-state index contributed by atoms with van der Waals surface area (Å²) in [5, 5.41) is 2.51. The number of amides is 1. The maximum atomic E-state index is 11.3. The topological polar surface area (TPSA) is 106 Å². The Hall–Kier alpha value is -2.12. The normalized spacial score (nSPS) is 10.3. The Kier molecular flexibility index (Phi) is 4.64. The summed E-state index contributed by atoms with van der Waals surface area (Å²) in [6.45, 7) is 3.84. The van der Waals surface area contributed by atoms with Crippen LogP contribution in [0.15, 0.2) is 0 Å². The van der Waals surface area contributed by atoms with Gasteiger partial charge in [0.05, 0.1) is 12.6 Å². The van der Waals surface area contributed by atoms with Gasteiger partial charge >= 0.3 is 6.01 Å². The molecule has 0 atom stereocenters. The molecule has 0 aliphatic carbocycles. The van der Waals surface area contributed by atoms with Crippen LogP contribution in [0.5, 0.6) is 6.01 Å². The van der Waals surface area contributed by atoms with Crippen molar-refractivity contribution in [2.75, 3.05) is 31.3 Å². The van der Waals surface area contributed by atoms with Gasteiger partial charge in [-0.3, -0.25) is 4.79 Å². The van der Waals surface area contributed by atoms with Crippen molar-refractivity contribution in [2.45, 2.75) is 20.0 Å². The van der Waals surface area contributed by atoms with E-state index in [9.17, 15) is 4.79 Å². The highest BCUT2D eigenvalue weighted by atomic mass is 16.5. The van der Waals surface area contributed by atoms with Crippen molar-refractivity contribution in [3.63, 3.8) is 0 Å². The molecule has 3 N–H and O–H groups in total. The van der Waals surface area contributed by atoms with Crippen LogP contribution in [0.2, 0.25) is 0 Å². The van der Waals surface area contributed by atoms with Crippen LogP contribution in [0, 0.1) is 0 Å². The molecule has 0 radical (unpaired) electrons. The number of aromatic nitrogens is 3. The van der Waals surface area contributed by atoms with E-state index < -0.39 is 0 Å². The molecule has 0 saturated heterocycles. The fourth-order valence-corrected chi connectivity index (χ4v) is 1.16. The predicted octanol–water partition coefficient (Wildman–Crippen LogP) is -0.577. The number of hydrogen-bond donors (Lipinski definition) is 2. The molecule has 8 nitrogen and oxygen atoms in total. The number of ether oxygens (including phenoxy) is 1. The number of nitrogen functional groups attached to an aromatic ring is 1. The first kappa shape index (κ1) is 13.9. The molecular formula is C10H18N6O2. The summed E-state index contributed by atoms with van der Waals surface area (Å²) in [4.78, 5) is 24.7. The van der Waals surface area contributed by atoms with Crippen LogP contribution in [0.3, 0.4) is 0 Å². The number of carbonyl (C=O) groups excluding carboxylic acids is 1. The Balaban J connectivity index is 2.87. The number of carbonyl (C=O) groups is 1. The number of nitrogens with zero attached hydrogens (tertiary/aromatic N) is 4. The number of nitrogens with one attached hydrogen (secondary N) is 1. The number of rotatable bonds is 5. The van der Waals surface area contributed by atoms with Crippen molar-refractivity contribution in [1.82, 2.24) is 20.3 Å². The molecule has 0 saturated carbocycles. The molecule has 0 unspecified atom stereocenters. The minimum absolute atomic E-state index is 0.0550. The van der Waals surface area contributed by atoms with E-state index in [1.54, 1.807) is 19.0 Å². The fraction of sp³-hybridized carbons (Fsp3) is 0.600. The van der Waals surface area contributed by atoms with Gasteiger partial charge in [-0.15, -0.1) is 0 Å². The lowest BCUT2D eigenvalue weighted by atomic mass is 10.5. The lowest BCUT2D eigenvalue weighted by Crippen LogP contribution is -2.34. The summed E-state index contributed by atoms with van der Waals surface area (Å²) in [7, 11) is 3.24. The Labute approximate surface area is 106 Å². The van der Waals surface area contributed by atoms with Crippen molar-refractivity contribution >= 4 is 17.8 Å². The zero-order valence-corrected chi connectivity index (χ0v) is 11.0. The lowest BCUT2D eigenvalue weighted by molar-refractivity contribution is -0.119. The molecule has 1 aromatic rings. The molecule has 8 heteroatoms. The molecule has 100 valence electrons. The lowest BCUT2D eigenvalue weighted by Gasteiger charge is -2.17. The van der Waals surface area contributed by atoms with Crippen LogP contribution >= 0.6 is 0 Å². The fourth-order valence-electron chi connectivity index (χ4n) is 1.16. The first-order chi connectivity index (χ1) is 8.42. The number of likely N-dealkylation sites (N-methyl/N-ethyl adjacent to an activating group) is 2. The first-order valence-electron chi connectivity index (χ1n) is 5.52. The van der Waals surface area contributed by atoms with Gasteiger partial charge < -0.3 is 20.7 Å². The van der Waals surface area contributed by atoms with E-state index in [1.165, 1.54) is 0 Å². The third kappa shape index (κ3) is 4.04. The largest absolute Gasteiger partial charge is 0.461 e. The standard InChI is InChI=1S/C10H18N6O2/c1-6(2)18-10-14-8(11)13-9(15-10)16(4)5-7(17)12-3/h6H,5H2,1-4H3,(H,12,17)(H2,11,13,14,15). The SMILES string of the molecule is CNC(=O)CN(C)c1nc(N)nc(OC(C)C)n1. The number of hydrogen-bond acceptors (Lipinski definition) is 7. The maximum absolute atomic E-state index is 11.3. The van der Waals surface area contributed by atoms with E-state index in [0.29, 0.717) is 5.95 Å². The van der Waals surface area contributed by atoms with Crippen molar-refractivity contribution in [3.8, 4) is 6.01 Å². The van der Waals surface area contributed by atoms with Gasteiger partial charge in [-0.2, -0.15) is 15.0 Å². The molecular weight excluding hydrogens is 236 g/mol. The molecule has 0 spiro atoms. The Bertz CT molecular complexity index is 423. The van der Waals surface area contributed by atoms with Gasteiger partial charge in [0.25, 0.3) is 0 Å². The first-order valence-corrected chi connectivity index (χ1v) is 5.52. The molecule has 0 aromatic carbocycles. The second kappa shape index (κ2) is 5.99. The molecule has 1 aromatic heterocycles.